The molecule has 0 radical (unpaired) electrons. The maximum atomic E-state index is 5.12. The number of methoxy groups -OCH3 is 1. The van der Waals surface area contributed by atoms with Gasteiger partial charge in [0.2, 0.25) is 0 Å². The zero-order valence-electron chi connectivity index (χ0n) is 10.5. The first kappa shape index (κ1) is 12.7. The first-order valence-electron chi connectivity index (χ1n) is 5.92. The summed E-state index contributed by atoms with van der Waals surface area (Å²) in [5.41, 5.74) is 3.38. The van der Waals surface area contributed by atoms with E-state index in [2.05, 4.69) is 33.7 Å². The molecule has 0 aliphatic heterocycles. The Balaban J connectivity index is 1.84. The Hall–Kier alpha value is -1.78. The molecular formula is C14H17N3O. The summed E-state index contributed by atoms with van der Waals surface area (Å²) >= 11 is 0. The molecule has 2 aromatic rings. The molecule has 0 aliphatic carbocycles. The number of hydrogen-bond donors (Lipinski definition) is 1. The summed E-state index contributed by atoms with van der Waals surface area (Å²) in [4.78, 5) is 0. The molecule has 0 amide bonds. The van der Waals surface area contributed by atoms with E-state index in [0.29, 0.717) is 6.61 Å². The van der Waals surface area contributed by atoms with Crippen molar-refractivity contribution >= 4 is 0 Å². The summed E-state index contributed by atoms with van der Waals surface area (Å²) in [6, 6.07) is 12.2. The molecule has 1 heterocycles. The Bertz CT molecular complexity index is 473. The fourth-order valence-corrected chi connectivity index (χ4v) is 1.76. The van der Waals surface area contributed by atoms with Gasteiger partial charge in [0.25, 0.3) is 0 Å². The zero-order chi connectivity index (χ0) is 12.6. The van der Waals surface area contributed by atoms with Crippen molar-refractivity contribution in [3.63, 3.8) is 0 Å². The number of rotatable bonds is 6. The minimum Gasteiger partial charge on any atom is -0.380 e. The Morgan fingerprint density at radius 3 is 2.78 bits per heavy atom. The van der Waals surface area contributed by atoms with Crippen molar-refractivity contribution in [3.8, 4) is 0 Å². The second-order valence-corrected chi connectivity index (χ2v) is 4.07. The van der Waals surface area contributed by atoms with Crippen LogP contribution in [-0.2, 0) is 24.4 Å². The molecule has 18 heavy (non-hydrogen) atoms. The number of nitrogens with zero attached hydrogens (tertiary/aromatic N) is 2. The van der Waals surface area contributed by atoms with E-state index < -0.39 is 0 Å². The van der Waals surface area contributed by atoms with E-state index in [1.165, 1.54) is 11.1 Å². The lowest BCUT2D eigenvalue weighted by atomic mass is 10.1. The molecule has 1 aromatic heterocycles. The lowest BCUT2D eigenvalue weighted by molar-refractivity contribution is 0.185. The fourth-order valence-electron chi connectivity index (χ4n) is 1.76. The normalized spacial score (nSPS) is 10.5. The first-order valence-corrected chi connectivity index (χ1v) is 5.92. The van der Waals surface area contributed by atoms with Gasteiger partial charge >= 0.3 is 0 Å². The fraction of sp³-hybridized carbons (Fsp3) is 0.286. The monoisotopic (exact) mass is 243 g/mol. The van der Waals surface area contributed by atoms with E-state index in [9.17, 15) is 0 Å². The molecular weight excluding hydrogens is 226 g/mol. The van der Waals surface area contributed by atoms with E-state index >= 15 is 0 Å². The third kappa shape index (κ3) is 3.91. The molecule has 4 nitrogen and oxygen atoms in total. The molecule has 2 rings (SSSR count). The van der Waals surface area contributed by atoms with Crippen molar-refractivity contribution in [1.82, 2.24) is 15.5 Å². The number of ether oxygens (including phenoxy) is 1. The van der Waals surface area contributed by atoms with Gasteiger partial charge in [-0.15, -0.1) is 0 Å². The third-order valence-corrected chi connectivity index (χ3v) is 2.57. The van der Waals surface area contributed by atoms with Crippen molar-refractivity contribution in [3.05, 3.63) is 59.4 Å². The van der Waals surface area contributed by atoms with Gasteiger partial charge in [-0.1, -0.05) is 24.3 Å². The molecule has 0 spiro atoms. The topological polar surface area (TPSA) is 47.0 Å². The Labute approximate surface area is 107 Å². The van der Waals surface area contributed by atoms with Crippen LogP contribution in [0.2, 0.25) is 0 Å². The van der Waals surface area contributed by atoms with Crippen molar-refractivity contribution in [1.29, 1.82) is 0 Å². The highest BCUT2D eigenvalue weighted by atomic mass is 16.5. The highest BCUT2D eigenvalue weighted by Gasteiger charge is 1.97. The van der Waals surface area contributed by atoms with Crippen molar-refractivity contribution < 1.29 is 4.74 Å². The maximum absolute atomic E-state index is 5.12. The third-order valence-electron chi connectivity index (χ3n) is 2.57. The maximum Gasteiger partial charge on any atom is 0.0769 e. The first-order chi connectivity index (χ1) is 8.88. The SMILES string of the molecule is COCc1cccc(CNCc2cccnn2)c1. The van der Waals surface area contributed by atoms with E-state index in [1.807, 2.05) is 18.2 Å². The molecule has 0 atom stereocenters. The summed E-state index contributed by atoms with van der Waals surface area (Å²) in [5.74, 6) is 0. The van der Waals surface area contributed by atoms with Crippen molar-refractivity contribution in [2.75, 3.05) is 7.11 Å². The molecule has 0 saturated carbocycles. The van der Waals surface area contributed by atoms with Crippen LogP contribution in [0, 0.1) is 0 Å². The van der Waals surface area contributed by atoms with E-state index in [-0.39, 0.29) is 0 Å². The molecule has 0 aliphatic rings. The van der Waals surface area contributed by atoms with Crippen LogP contribution in [0.5, 0.6) is 0 Å². The summed E-state index contributed by atoms with van der Waals surface area (Å²) in [6.45, 7) is 2.19. The molecule has 0 unspecified atom stereocenters. The van der Waals surface area contributed by atoms with Crippen LogP contribution in [0.1, 0.15) is 16.8 Å². The number of nitrogens with one attached hydrogen (secondary N) is 1. The predicted octanol–water partition coefficient (Wildman–Crippen LogP) is 1.91. The lowest BCUT2D eigenvalue weighted by Gasteiger charge is -2.06. The van der Waals surface area contributed by atoms with Crippen molar-refractivity contribution in [2.45, 2.75) is 19.7 Å². The van der Waals surface area contributed by atoms with Crippen molar-refractivity contribution in [2.24, 2.45) is 0 Å². The van der Waals surface area contributed by atoms with Gasteiger partial charge in [0, 0.05) is 26.4 Å². The second-order valence-electron chi connectivity index (χ2n) is 4.07. The molecule has 0 saturated heterocycles. The van der Waals surface area contributed by atoms with Crippen LogP contribution in [0.4, 0.5) is 0 Å². The molecule has 1 N–H and O–H groups in total. The van der Waals surface area contributed by atoms with Crippen LogP contribution in [0.25, 0.3) is 0 Å². The van der Waals surface area contributed by atoms with E-state index in [1.54, 1.807) is 13.3 Å². The van der Waals surface area contributed by atoms with Gasteiger partial charge in [-0.25, -0.2) is 0 Å². The Morgan fingerprint density at radius 2 is 2.00 bits per heavy atom. The van der Waals surface area contributed by atoms with Crippen LogP contribution in [-0.4, -0.2) is 17.3 Å². The summed E-state index contributed by atoms with van der Waals surface area (Å²) in [6.07, 6.45) is 1.68. The van der Waals surface area contributed by atoms with Crippen LogP contribution in [0.15, 0.2) is 42.6 Å². The standard InChI is InChI=1S/C14H17N3O/c1-18-11-13-5-2-4-12(8-13)9-15-10-14-6-3-7-16-17-14/h2-8,15H,9-11H2,1H3. The Morgan fingerprint density at radius 1 is 1.11 bits per heavy atom. The molecule has 94 valence electrons. The summed E-state index contributed by atoms with van der Waals surface area (Å²) in [7, 11) is 1.71. The van der Waals surface area contributed by atoms with Gasteiger partial charge in [-0.2, -0.15) is 10.2 Å². The Kier molecular flexibility index (Phi) is 4.81. The zero-order valence-corrected chi connectivity index (χ0v) is 10.5. The smallest absolute Gasteiger partial charge is 0.0769 e. The van der Waals surface area contributed by atoms with Gasteiger partial charge in [0.05, 0.1) is 12.3 Å². The minimum atomic E-state index is 0.651. The second kappa shape index (κ2) is 6.83. The van der Waals surface area contributed by atoms with Gasteiger partial charge in [-0.05, 0) is 23.3 Å². The molecule has 1 aromatic carbocycles. The average Bonchev–Trinajstić information content (AvgIpc) is 2.41. The number of benzene rings is 1. The van der Waals surface area contributed by atoms with Crippen LogP contribution in [0.3, 0.4) is 0 Å². The molecule has 0 bridgehead atoms. The van der Waals surface area contributed by atoms with Gasteiger partial charge in [-0.3, -0.25) is 0 Å². The van der Waals surface area contributed by atoms with Gasteiger partial charge in [0.1, 0.15) is 0 Å². The highest BCUT2D eigenvalue weighted by Crippen LogP contribution is 2.06. The molecule has 4 heteroatoms. The van der Waals surface area contributed by atoms with Gasteiger partial charge in [0.15, 0.2) is 0 Å². The minimum absolute atomic E-state index is 0.651. The lowest BCUT2D eigenvalue weighted by Crippen LogP contribution is -2.14. The number of aromatic nitrogens is 2. The van der Waals surface area contributed by atoms with Gasteiger partial charge < -0.3 is 10.1 Å². The predicted molar refractivity (Wildman–Crippen MR) is 69.7 cm³/mol. The number of hydrogen-bond acceptors (Lipinski definition) is 4. The largest absolute Gasteiger partial charge is 0.380 e. The summed E-state index contributed by atoms with van der Waals surface area (Å²) < 4.78 is 5.12. The highest BCUT2D eigenvalue weighted by molar-refractivity contribution is 5.22. The van der Waals surface area contributed by atoms with E-state index in [4.69, 9.17) is 4.74 Å². The molecule has 0 fully saturated rings. The average molecular weight is 243 g/mol. The quantitative estimate of drug-likeness (QED) is 0.842. The van der Waals surface area contributed by atoms with E-state index in [0.717, 1.165) is 18.8 Å². The van der Waals surface area contributed by atoms with Crippen LogP contribution < -0.4 is 5.32 Å². The van der Waals surface area contributed by atoms with Crippen LogP contribution >= 0.6 is 0 Å². The summed E-state index contributed by atoms with van der Waals surface area (Å²) in [5, 5.41) is 11.2.